The molecule has 8 heteroatoms. The first-order valence-electron chi connectivity index (χ1n) is 11.0. The molecule has 1 amide bonds. The van der Waals surface area contributed by atoms with E-state index in [4.69, 9.17) is 23.2 Å². The van der Waals surface area contributed by atoms with Crippen LogP contribution in [0.5, 0.6) is 0 Å². The predicted molar refractivity (Wildman–Crippen MR) is 137 cm³/mol. The van der Waals surface area contributed by atoms with E-state index in [2.05, 4.69) is 24.3 Å². The van der Waals surface area contributed by atoms with E-state index in [-0.39, 0.29) is 11.9 Å². The van der Waals surface area contributed by atoms with Crippen molar-refractivity contribution in [2.45, 2.75) is 26.8 Å². The number of carbonyl (C=O) groups is 1. The summed E-state index contributed by atoms with van der Waals surface area (Å²) in [6.45, 7) is 8.67. The van der Waals surface area contributed by atoms with E-state index in [1.165, 1.54) is 16.2 Å². The van der Waals surface area contributed by atoms with E-state index in [1.54, 1.807) is 0 Å². The quantitative estimate of drug-likeness (QED) is 0.352. The monoisotopic (exact) mass is 501 g/mol. The number of nitrogens with one attached hydrogen (secondary N) is 2. The number of nitrogens with zero attached hydrogens (tertiary/aromatic N) is 2. The van der Waals surface area contributed by atoms with Crippen molar-refractivity contribution >= 4 is 50.7 Å². The van der Waals surface area contributed by atoms with Gasteiger partial charge in [-0.05, 0) is 57.2 Å². The van der Waals surface area contributed by atoms with Crippen LogP contribution in [-0.4, -0.2) is 35.3 Å². The zero-order chi connectivity index (χ0) is 23.5. The van der Waals surface area contributed by atoms with Crippen molar-refractivity contribution in [2.24, 2.45) is 0 Å². The third-order valence-corrected chi connectivity index (χ3v) is 7.69. The van der Waals surface area contributed by atoms with Gasteiger partial charge in [0, 0.05) is 21.0 Å². The summed E-state index contributed by atoms with van der Waals surface area (Å²) in [6.07, 6.45) is 0. The Morgan fingerprint density at radius 3 is 2.48 bits per heavy atom. The summed E-state index contributed by atoms with van der Waals surface area (Å²) in [6, 6.07) is 17.4. The number of carbonyl (C=O) groups excluding carboxylic acids is 1. The molecule has 0 aliphatic heterocycles. The van der Waals surface area contributed by atoms with Crippen LogP contribution < -0.4 is 10.2 Å². The van der Waals surface area contributed by atoms with Crippen LogP contribution in [0.4, 0.5) is 0 Å². The number of amides is 1. The van der Waals surface area contributed by atoms with Crippen molar-refractivity contribution in [3.05, 3.63) is 80.8 Å². The number of halogens is 2. The van der Waals surface area contributed by atoms with E-state index in [0.29, 0.717) is 16.4 Å². The molecule has 4 aromatic rings. The maximum atomic E-state index is 13.1. The molecular weight excluding hydrogens is 475 g/mol. The lowest BCUT2D eigenvalue weighted by Crippen LogP contribution is -3.12. The summed E-state index contributed by atoms with van der Waals surface area (Å²) >= 11 is 14.0. The number of quaternary nitrogens is 1. The van der Waals surface area contributed by atoms with Crippen LogP contribution in [0.1, 0.15) is 40.8 Å². The molecule has 0 radical (unpaired) electrons. The number of hydrogen-bond donors (Lipinski definition) is 2. The van der Waals surface area contributed by atoms with Crippen molar-refractivity contribution in [3.8, 4) is 5.69 Å². The van der Waals surface area contributed by atoms with Crippen LogP contribution in [0, 0.1) is 6.92 Å². The molecule has 0 aliphatic carbocycles. The van der Waals surface area contributed by atoms with E-state index in [0.717, 1.165) is 45.3 Å². The normalized spacial score (nSPS) is 12.4. The largest absolute Gasteiger partial charge is 0.345 e. The highest BCUT2D eigenvalue weighted by Crippen LogP contribution is 2.31. The molecule has 0 saturated carbocycles. The van der Waals surface area contributed by atoms with Crippen molar-refractivity contribution in [1.82, 2.24) is 15.1 Å². The second-order valence-corrected chi connectivity index (χ2v) is 9.83. The van der Waals surface area contributed by atoms with Gasteiger partial charge >= 0.3 is 0 Å². The zero-order valence-corrected chi connectivity index (χ0v) is 21.2. The van der Waals surface area contributed by atoms with Gasteiger partial charge in [0.05, 0.1) is 35.9 Å². The second-order valence-electron chi connectivity index (χ2n) is 7.95. The number of rotatable bonds is 8. The predicted octanol–water partition coefficient (Wildman–Crippen LogP) is 5.10. The molecule has 0 fully saturated rings. The first-order chi connectivity index (χ1) is 15.9. The van der Waals surface area contributed by atoms with Crippen molar-refractivity contribution < 1.29 is 9.69 Å². The Labute approximate surface area is 207 Å². The minimum atomic E-state index is -0.0816. The van der Waals surface area contributed by atoms with E-state index in [1.807, 2.05) is 66.2 Å². The Kier molecular flexibility index (Phi) is 7.39. The van der Waals surface area contributed by atoms with Gasteiger partial charge in [0.25, 0.3) is 5.91 Å². The number of benzene rings is 2. The molecule has 2 N–H and O–H groups in total. The van der Waals surface area contributed by atoms with Crippen LogP contribution in [0.3, 0.4) is 0 Å². The fourth-order valence-corrected chi connectivity index (χ4v) is 5.67. The average molecular weight is 502 g/mol. The number of likely N-dealkylation sites (N-methyl/N-ethyl adjacent to an activating group) is 1. The lowest BCUT2D eigenvalue weighted by Gasteiger charge is -2.27. The van der Waals surface area contributed by atoms with Crippen molar-refractivity contribution in [3.63, 3.8) is 0 Å². The van der Waals surface area contributed by atoms with Crippen LogP contribution in [0.15, 0.2) is 54.6 Å². The Bertz CT molecular complexity index is 1260. The molecule has 5 nitrogen and oxygen atoms in total. The molecule has 2 aromatic carbocycles. The van der Waals surface area contributed by atoms with Crippen LogP contribution in [0.25, 0.3) is 15.9 Å². The van der Waals surface area contributed by atoms with Gasteiger partial charge in [-0.15, -0.1) is 11.3 Å². The fourth-order valence-electron chi connectivity index (χ4n) is 4.17. The molecule has 172 valence electrons. The molecule has 0 aliphatic rings. The molecular formula is C25H27Cl2N4OS+. The number of aryl methyl sites for hydroxylation is 1. The fraction of sp³-hybridized carbons (Fsp3) is 0.280. The Hall–Kier alpha value is -2.38. The Morgan fingerprint density at radius 2 is 1.82 bits per heavy atom. The summed E-state index contributed by atoms with van der Waals surface area (Å²) in [4.78, 5) is 16.1. The molecule has 1 atom stereocenters. The van der Waals surface area contributed by atoms with Gasteiger partial charge in [0.2, 0.25) is 0 Å². The highest BCUT2D eigenvalue weighted by Gasteiger charge is 2.25. The number of aromatic nitrogens is 2. The molecule has 0 spiro atoms. The van der Waals surface area contributed by atoms with Gasteiger partial charge in [-0.2, -0.15) is 5.10 Å². The summed E-state index contributed by atoms with van der Waals surface area (Å²) in [5.74, 6) is -0.0816. The molecule has 0 bridgehead atoms. The minimum Gasteiger partial charge on any atom is -0.345 e. The molecule has 2 aromatic heterocycles. The Morgan fingerprint density at radius 1 is 1.12 bits per heavy atom. The first-order valence-corrected chi connectivity index (χ1v) is 12.6. The van der Waals surface area contributed by atoms with Gasteiger partial charge in [-0.3, -0.25) is 4.79 Å². The number of hydrogen-bond acceptors (Lipinski definition) is 3. The Balaban J connectivity index is 1.58. The molecule has 33 heavy (non-hydrogen) atoms. The molecule has 2 heterocycles. The number of fused-ring (bicyclic) bond motifs is 1. The van der Waals surface area contributed by atoms with Gasteiger partial charge in [0.15, 0.2) is 0 Å². The first kappa shape index (κ1) is 23.8. The summed E-state index contributed by atoms with van der Waals surface area (Å²) in [5.41, 5.74) is 2.86. The van der Waals surface area contributed by atoms with E-state index >= 15 is 0 Å². The highest BCUT2D eigenvalue weighted by molar-refractivity contribution is 7.20. The summed E-state index contributed by atoms with van der Waals surface area (Å²) in [7, 11) is 0. The molecule has 4 rings (SSSR count). The third kappa shape index (κ3) is 4.94. The van der Waals surface area contributed by atoms with Gasteiger partial charge < -0.3 is 10.2 Å². The SMILES string of the molecule is CC[NH+](CC)[C@@H](CNC(=O)c1cc2c(C)nn(-c3ccc(Cl)cc3)c2s1)c1ccccc1Cl. The maximum Gasteiger partial charge on any atom is 0.261 e. The van der Waals surface area contributed by atoms with Crippen LogP contribution in [-0.2, 0) is 0 Å². The molecule has 0 saturated heterocycles. The smallest absolute Gasteiger partial charge is 0.261 e. The van der Waals surface area contributed by atoms with Gasteiger partial charge in [0.1, 0.15) is 10.9 Å². The van der Waals surface area contributed by atoms with Crippen LogP contribution >= 0.6 is 34.5 Å². The van der Waals surface area contributed by atoms with E-state index < -0.39 is 0 Å². The standard InChI is InChI=1S/C25H26Cl2N4OS/c1-4-30(5-2)22(19-8-6-7-9-21(19)27)15-28-24(32)23-14-20-16(3)29-31(25(20)33-23)18-12-10-17(26)11-13-18/h6-14,22H,4-5,15H2,1-3H3,(H,28,32)/p+1/t22-/m0/s1. The lowest BCUT2D eigenvalue weighted by atomic mass is 10.0. The van der Waals surface area contributed by atoms with Gasteiger partial charge in [-0.1, -0.05) is 41.4 Å². The second kappa shape index (κ2) is 10.3. The third-order valence-electron chi connectivity index (χ3n) is 5.99. The molecule has 0 unspecified atom stereocenters. The highest BCUT2D eigenvalue weighted by atomic mass is 35.5. The van der Waals surface area contributed by atoms with Crippen molar-refractivity contribution in [2.75, 3.05) is 19.6 Å². The van der Waals surface area contributed by atoms with Crippen molar-refractivity contribution in [1.29, 1.82) is 0 Å². The van der Waals surface area contributed by atoms with Crippen LogP contribution in [0.2, 0.25) is 10.0 Å². The van der Waals surface area contributed by atoms with Gasteiger partial charge in [-0.25, -0.2) is 4.68 Å². The summed E-state index contributed by atoms with van der Waals surface area (Å²) in [5, 5.41) is 10.2. The summed E-state index contributed by atoms with van der Waals surface area (Å²) < 4.78 is 1.87. The number of thiophene rings is 1. The maximum absolute atomic E-state index is 13.1. The minimum absolute atomic E-state index is 0.0816. The zero-order valence-electron chi connectivity index (χ0n) is 18.9. The van der Waals surface area contributed by atoms with E-state index in [9.17, 15) is 4.79 Å². The lowest BCUT2D eigenvalue weighted by molar-refractivity contribution is -0.927. The average Bonchev–Trinajstić information content (AvgIpc) is 3.38. The topological polar surface area (TPSA) is 51.4 Å².